The summed E-state index contributed by atoms with van der Waals surface area (Å²) in [5, 5.41) is 5.57. The highest BCUT2D eigenvalue weighted by atomic mass is 32.1. The molecule has 0 radical (unpaired) electrons. The van der Waals surface area contributed by atoms with Gasteiger partial charge in [-0.15, -0.1) is 11.3 Å². The first-order valence-corrected chi connectivity index (χ1v) is 8.15. The monoisotopic (exact) mass is 287 g/mol. The van der Waals surface area contributed by atoms with Crippen molar-refractivity contribution in [3.63, 3.8) is 0 Å². The summed E-state index contributed by atoms with van der Waals surface area (Å²) in [6, 6.07) is 6.97. The molecule has 20 heavy (non-hydrogen) atoms. The van der Waals surface area contributed by atoms with E-state index in [0.29, 0.717) is 6.04 Å². The number of rotatable bonds is 4. The van der Waals surface area contributed by atoms with Crippen LogP contribution in [0.25, 0.3) is 0 Å². The van der Waals surface area contributed by atoms with Crippen molar-refractivity contribution in [1.82, 2.24) is 9.88 Å². The van der Waals surface area contributed by atoms with Crippen LogP contribution >= 0.6 is 11.3 Å². The summed E-state index contributed by atoms with van der Waals surface area (Å²) in [6.45, 7) is 7.42. The predicted molar refractivity (Wildman–Crippen MR) is 85.2 cm³/mol. The number of anilines is 1. The first-order valence-electron chi connectivity index (χ1n) is 7.27. The second kappa shape index (κ2) is 5.94. The van der Waals surface area contributed by atoms with Gasteiger partial charge in [0.1, 0.15) is 0 Å². The molecule has 2 aromatic rings. The second-order valence-corrected chi connectivity index (χ2v) is 6.26. The fourth-order valence-electron chi connectivity index (χ4n) is 2.86. The lowest BCUT2D eigenvalue weighted by molar-refractivity contribution is 0.189. The van der Waals surface area contributed by atoms with Gasteiger partial charge in [0.05, 0.1) is 5.69 Å². The highest BCUT2D eigenvalue weighted by molar-refractivity contribution is 7.10. The van der Waals surface area contributed by atoms with E-state index in [1.807, 2.05) is 23.6 Å². The van der Waals surface area contributed by atoms with E-state index in [1.165, 1.54) is 17.7 Å². The number of nitrogens with one attached hydrogen (secondary N) is 1. The standard InChI is InChI=1S/C16H21N3S/c1-3-17-13-4-7-18-14(10-13)11-19-8-5-16-15(12(19)2)6-9-20-16/h4,6-7,9-10,12H,3,5,8,11H2,1-2H3,(H,17,18). The van der Waals surface area contributed by atoms with E-state index in [2.05, 4.69) is 46.6 Å². The lowest BCUT2D eigenvalue weighted by atomic mass is 10.0. The summed E-state index contributed by atoms with van der Waals surface area (Å²) in [5.74, 6) is 0. The van der Waals surface area contributed by atoms with Gasteiger partial charge in [0.15, 0.2) is 0 Å². The van der Waals surface area contributed by atoms with Crippen molar-refractivity contribution >= 4 is 17.0 Å². The Hall–Kier alpha value is -1.39. The summed E-state index contributed by atoms with van der Waals surface area (Å²) in [5.41, 5.74) is 3.82. The number of hydrogen-bond acceptors (Lipinski definition) is 4. The molecule has 3 heterocycles. The molecule has 3 nitrogen and oxygen atoms in total. The molecular weight excluding hydrogens is 266 g/mol. The third-order valence-corrected chi connectivity index (χ3v) is 4.96. The van der Waals surface area contributed by atoms with Gasteiger partial charge in [0.25, 0.3) is 0 Å². The Bertz CT molecular complexity index is 579. The summed E-state index contributed by atoms with van der Waals surface area (Å²) in [4.78, 5) is 8.59. The normalized spacial score (nSPS) is 18.8. The smallest absolute Gasteiger partial charge is 0.0564 e. The summed E-state index contributed by atoms with van der Waals surface area (Å²) >= 11 is 1.89. The molecule has 1 atom stereocenters. The van der Waals surface area contributed by atoms with E-state index >= 15 is 0 Å². The first kappa shape index (κ1) is 13.6. The molecule has 106 valence electrons. The van der Waals surface area contributed by atoms with Gasteiger partial charge >= 0.3 is 0 Å². The van der Waals surface area contributed by atoms with Crippen molar-refractivity contribution in [1.29, 1.82) is 0 Å². The molecule has 3 rings (SSSR count). The number of thiophene rings is 1. The Morgan fingerprint density at radius 2 is 2.35 bits per heavy atom. The number of fused-ring (bicyclic) bond motifs is 1. The van der Waals surface area contributed by atoms with Crippen LogP contribution in [0.15, 0.2) is 29.8 Å². The quantitative estimate of drug-likeness (QED) is 0.929. The molecule has 2 aromatic heterocycles. The van der Waals surface area contributed by atoms with E-state index < -0.39 is 0 Å². The molecule has 0 amide bonds. The Morgan fingerprint density at radius 3 is 3.20 bits per heavy atom. The average Bonchev–Trinajstić information content (AvgIpc) is 2.92. The zero-order chi connectivity index (χ0) is 13.9. The molecule has 1 N–H and O–H groups in total. The second-order valence-electron chi connectivity index (χ2n) is 5.26. The van der Waals surface area contributed by atoms with Crippen LogP contribution in [0.5, 0.6) is 0 Å². The minimum atomic E-state index is 0.495. The number of hydrogen-bond donors (Lipinski definition) is 1. The maximum absolute atomic E-state index is 4.51. The van der Waals surface area contributed by atoms with Gasteiger partial charge in [-0.05, 0) is 49.4 Å². The first-order chi connectivity index (χ1) is 9.78. The van der Waals surface area contributed by atoms with Crippen LogP contribution in [0.3, 0.4) is 0 Å². The zero-order valence-electron chi connectivity index (χ0n) is 12.1. The molecule has 1 aliphatic heterocycles. The Kier molecular flexibility index (Phi) is 4.03. The molecule has 0 aromatic carbocycles. The van der Waals surface area contributed by atoms with E-state index in [4.69, 9.17) is 0 Å². The number of aromatic nitrogens is 1. The van der Waals surface area contributed by atoms with Gasteiger partial charge in [-0.3, -0.25) is 9.88 Å². The van der Waals surface area contributed by atoms with Gasteiger partial charge in [-0.1, -0.05) is 0 Å². The molecule has 0 fully saturated rings. The SMILES string of the molecule is CCNc1ccnc(CN2CCc3sccc3C2C)c1. The van der Waals surface area contributed by atoms with Crippen LogP contribution in [0, 0.1) is 0 Å². The van der Waals surface area contributed by atoms with Gasteiger partial charge in [-0.25, -0.2) is 0 Å². The van der Waals surface area contributed by atoms with E-state index in [1.54, 1.807) is 4.88 Å². The molecule has 0 saturated heterocycles. The summed E-state index contributed by atoms with van der Waals surface area (Å²) in [6.07, 6.45) is 3.07. The third-order valence-electron chi connectivity index (χ3n) is 3.97. The van der Waals surface area contributed by atoms with Crippen LogP contribution < -0.4 is 5.32 Å². The molecule has 0 bridgehead atoms. The molecule has 1 unspecified atom stereocenters. The summed E-state index contributed by atoms with van der Waals surface area (Å²) < 4.78 is 0. The minimum absolute atomic E-state index is 0.495. The highest BCUT2D eigenvalue weighted by Crippen LogP contribution is 2.33. The van der Waals surface area contributed by atoms with Gasteiger partial charge in [0.2, 0.25) is 0 Å². The maximum Gasteiger partial charge on any atom is 0.0564 e. The van der Waals surface area contributed by atoms with E-state index in [0.717, 1.165) is 25.3 Å². The van der Waals surface area contributed by atoms with Gasteiger partial charge in [-0.2, -0.15) is 0 Å². The number of pyridine rings is 1. The van der Waals surface area contributed by atoms with Crippen LogP contribution in [0.2, 0.25) is 0 Å². The highest BCUT2D eigenvalue weighted by Gasteiger charge is 2.24. The average molecular weight is 287 g/mol. The van der Waals surface area contributed by atoms with Crippen molar-refractivity contribution in [2.75, 3.05) is 18.4 Å². The largest absolute Gasteiger partial charge is 0.385 e. The fraction of sp³-hybridized carbons (Fsp3) is 0.438. The maximum atomic E-state index is 4.51. The van der Waals surface area contributed by atoms with Crippen LogP contribution in [0.4, 0.5) is 5.69 Å². The predicted octanol–water partition coefficient (Wildman–Crippen LogP) is 3.69. The van der Waals surface area contributed by atoms with Crippen LogP contribution in [0.1, 0.15) is 36.0 Å². The number of nitrogens with zero attached hydrogens (tertiary/aromatic N) is 2. The van der Waals surface area contributed by atoms with Crippen LogP contribution in [-0.2, 0) is 13.0 Å². The Labute approximate surface area is 124 Å². The Morgan fingerprint density at radius 1 is 1.45 bits per heavy atom. The molecule has 1 aliphatic rings. The molecular formula is C16H21N3S. The van der Waals surface area contributed by atoms with Gasteiger partial charge in [0, 0.05) is 42.4 Å². The van der Waals surface area contributed by atoms with Gasteiger partial charge < -0.3 is 5.32 Å². The lowest BCUT2D eigenvalue weighted by Crippen LogP contribution is -2.32. The van der Waals surface area contributed by atoms with Crippen molar-refractivity contribution in [2.24, 2.45) is 0 Å². The van der Waals surface area contributed by atoms with E-state index in [9.17, 15) is 0 Å². The molecule has 4 heteroatoms. The van der Waals surface area contributed by atoms with Crippen molar-refractivity contribution in [3.05, 3.63) is 45.9 Å². The molecule has 0 spiro atoms. The minimum Gasteiger partial charge on any atom is -0.385 e. The lowest BCUT2D eigenvalue weighted by Gasteiger charge is -2.33. The summed E-state index contributed by atoms with van der Waals surface area (Å²) in [7, 11) is 0. The Balaban J connectivity index is 1.74. The third kappa shape index (κ3) is 2.72. The van der Waals surface area contributed by atoms with E-state index in [-0.39, 0.29) is 0 Å². The molecule has 0 saturated carbocycles. The van der Waals surface area contributed by atoms with Crippen molar-refractivity contribution in [3.8, 4) is 0 Å². The van der Waals surface area contributed by atoms with Crippen LogP contribution in [-0.4, -0.2) is 23.0 Å². The topological polar surface area (TPSA) is 28.2 Å². The zero-order valence-corrected chi connectivity index (χ0v) is 12.9. The molecule has 0 aliphatic carbocycles. The fourth-order valence-corrected chi connectivity index (χ4v) is 3.83. The van der Waals surface area contributed by atoms with Crippen molar-refractivity contribution in [2.45, 2.75) is 32.9 Å². The van der Waals surface area contributed by atoms with Crippen molar-refractivity contribution < 1.29 is 0 Å².